The first-order valence-corrected chi connectivity index (χ1v) is 10.9. The van der Waals surface area contributed by atoms with Gasteiger partial charge in [-0.05, 0) is 49.6 Å². The van der Waals surface area contributed by atoms with Gasteiger partial charge in [-0.3, -0.25) is 4.79 Å². The average molecular weight is 478 g/mol. The normalized spacial score (nSPS) is 15.6. The van der Waals surface area contributed by atoms with E-state index in [1.165, 1.54) is 6.07 Å². The van der Waals surface area contributed by atoms with E-state index in [1.54, 1.807) is 17.0 Å². The van der Waals surface area contributed by atoms with E-state index in [0.717, 1.165) is 35.5 Å². The number of likely N-dealkylation sites (tertiary alicyclic amines) is 1. The third-order valence-electron chi connectivity index (χ3n) is 5.03. The van der Waals surface area contributed by atoms with E-state index in [0.29, 0.717) is 28.7 Å². The highest BCUT2D eigenvalue weighted by Crippen LogP contribution is 2.34. The molecule has 166 valence electrons. The summed E-state index contributed by atoms with van der Waals surface area (Å²) in [6, 6.07) is 7.72. The maximum absolute atomic E-state index is 13.4. The van der Waals surface area contributed by atoms with Crippen molar-refractivity contribution in [1.82, 2.24) is 15.1 Å². The monoisotopic (exact) mass is 477 g/mol. The lowest BCUT2D eigenvalue weighted by atomic mass is 10.2. The van der Waals surface area contributed by atoms with Crippen LogP contribution in [0.5, 0.6) is 0 Å². The number of urea groups is 1. The molecule has 3 amide bonds. The molecule has 3 aromatic rings. The zero-order valence-corrected chi connectivity index (χ0v) is 18.4. The highest BCUT2D eigenvalue weighted by Gasteiger charge is 2.33. The van der Waals surface area contributed by atoms with Crippen LogP contribution < -0.4 is 10.6 Å². The van der Waals surface area contributed by atoms with Gasteiger partial charge in [-0.2, -0.15) is 0 Å². The van der Waals surface area contributed by atoms with Gasteiger partial charge in [0.15, 0.2) is 11.6 Å². The quantitative estimate of drug-likeness (QED) is 0.526. The van der Waals surface area contributed by atoms with Crippen LogP contribution in [0, 0.1) is 18.6 Å². The number of anilines is 2. The number of nitrogens with one attached hydrogen (secondary N) is 2. The lowest BCUT2D eigenvalue weighted by Gasteiger charge is -2.23. The molecule has 7 nitrogen and oxygen atoms in total. The third kappa shape index (κ3) is 4.71. The van der Waals surface area contributed by atoms with Gasteiger partial charge in [-0.15, -0.1) is 10.2 Å². The molecule has 1 unspecified atom stereocenters. The zero-order chi connectivity index (χ0) is 22.8. The highest BCUT2D eigenvalue weighted by molar-refractivity contribution is 7.13. The van der Waals surface area contributed by atoms with Gasteiger partial charge in [0.1, 0.15) is 5.01 Å². The molecule has 0 aliphatic carbocycles. The minimum absolute atomic E-state index is 0.0577. The van der Waals surface area contributed by atoms with Gasteiger partial charge < -0.3 is 15.5 Å². The van der Waals surface area contributed by atoms with E-state index < -0.39 is 17.5 Å². The SMILES string of the molecule is Cc1ccc(NC(=O)N2CCCC2c2nnc(C(=O)Nc3ccc(F)c(F)c3)s2)cc1Cl. The molecule has 1 aliphatic rings. The summed E-state index contributed by atoms with van der Waals surface area (Å²) < 4.78 is 26.4. The second kappa shape index (κ2) is 9.17. The second-order valence-electron chi connectivity index (χ2n) is 7.27. The van der Waals surface area contributed by atoms with Crippen molar-refractivity contribution >= 4 is 46.3 Å². The van der Waals surface area contributed by atoms with E-state index >= 15 is 0 Å². The number of hydrogen-bond donors (Lipinski definition) is 2. The van der Waals surface area contributed by atoms with Crippen LogP contribution in [0.25, 0.3) is 0 Å². The lowest BCUT2D eigenvalue weighted by Crippen LogP contribution is -2.34. The van der Waals surface area contributed by atoms with Crippen LogP contribution >= 0.6 is 22.9 Å². The first-order chi connectivity index (χ1) is 15.3. The number of nitrogens with zero attached hydrogens (tertiary/aromatic N) is 3. The summed E-state index contributed by atoms with van der Waals surface area (Å²) in [7, 11) is 0. The number of aryl methyl sites for hydroxylation is 1. The number of carbonyl (C=O) groups is 2. The van der Waals surface area contributed by atoms with Crippen molar-refractivity contribution in [3.05, 3.63) is 68.6 Å². The van der Waals surface area contributed by atoms with Crippen LogP contribution in [0.1, 0.15) is 39.3 Å². The molecule has 1 aliphatic heterocycles. The molecular formula is C21H18ClF2N5O2S. The van der Waals surface area contributed by atoms with Crippen LogP contribution in [0.15, 0.2) is 36.4 Å². The predicted molar refractivity (Wildman–Crippen MR) is 118 cm³/mol. The summed E-state index contributed by atoms with van der Waals surface area (Å²) in [5.41, 5.74) is 1.59. The van der Waals surface area contributed by atoms with Gasteiger partial charge in [-0.1, -0.05) is 29.0 Å². The smallest absolute Gasteiger partial charge is 0.320 e. The molecule has 0 spiro atoms. The summed E-state index contributed by atoms with van der Waals surface area (Å²) in [6.45, 7) is 2.41. The molecule has 0 saturated carbocycles. The van der Waals surface area contributed by atoms with Crippen molar-refractivity contribution in [3.8, 4) is 0 Å². The molecule has 1 saturated heterocycles. The Hall–Kier alpha value is -3.11. The highest BCUT2D eigenvalue weighted by atomic mass is 35.5. The minimum atomic E-state index is -1.07. The van der Waals surface area contributed by atoms with Gasteiger partial charge in [0, 0.05) is 29.0 Å². The van der Waals surface area contributed by atoms with Crippen LogP contribution in [-0.4, -0.2) is 33.6 Å². The third-order valence-corrected chi connectivity index (χ3v) is 6.46. The van der Waals surface area contributed by atoms with Crippen molar-refractivity contribution in [3.63, 3.8) is 0 Å². The Balaban J connectivity index is 1.45. The fourth-order valence-corrected chi connectivity index (χ4v) is 4.42. The molecule has 0 radical (unpaired) electrons. The summed E-state index contributed by atoms with van der Waals surface area (Å²) in [5, 5.41) is 14.4. The van der Waals surface area contributed by atoms with Crippen LogP contribution in [0.2, 0.25) is 5.02 Å². The maximum atomic E-state index is 13.4. The van der Waals surface area contributed by atoms with Crippen molar-refractivity contribution in [2.75, 3.05) is 17.2 Å². The average Bonchev–Trinajstić information content (AvgIpc) is 3.43. The van der Waals surface area contributed by atoms with Crippen LogP contribution in [0.3, 0.4) is 0 Å². The van der Waals surface area contributed by atoms with Gasteiger partial charge in [-0.25, -0.2) is 13.6 Å². The Labute approximate surface area is 191 Å². The number of amides is 3. The number of rotatable bonds is 4. The number of benzene rings is 2. The molecule has 2 N–H and O–H groups in total. The van der Waals surface area contributed by atoms with E-state index in [1.807, 2.05) is 13.0 Å². The van der Waals surface area contributed by atoms with Crippen LogP contribution in [0.4, 0.5) is 25.0 Å². The fourth-order valence-electron chi connectivity index (χ4n) is 3.35. The first-order valence-electron chi connectivity index (χ1n) is 9.75. The number of aromatic nitrogens is 2. The Morgan fingerprint density at radius 2 is 1.84 bits per heavy atom. The number of carbonyl (C=O) groups excluding carboxylic acids is 2. The van der Waals surface area contributed by atoms with Crippen molar-refractivity contribution in [2.24, 2.45) is 0 Å². The maximum Gasteiger partial charge on any atom is 0.322 e. The molecular weight excluding hydrogens is 460 g/mol. The molecule has 32 heavy (non-hydrogen) atoms. The summed E-state index contributed by atoms with van der Waals surface area (Å²) in [6.07, 6.45) is 1.46. The number of hydrogen-bond acceptors (Lipinski definition) is 5. The Bertz CT molecular complexity index is 1190. The minimum Gasteiger partial charge on any atom is -0.320 e. The fraction of sp³-hybridized carbons (Fsp3) is 0.238. The first kappa shape index (κ1) is 22.1. The summed E-state index contributed by atoms with van der Waals surface area (Å²) in [5.74, 6) is -2.67. The standard InChI is InChI=1S/C21H18ClF2N5O2S/c1-11-4-5-12(9-14(11)22)26-21(31)29-8-2-3-17(29)19-27-28-20(32-19)18(30)25-13-6-7-15(23)16(24)10-13/h4-7,9-10,17H,2-3,8H2,1H3,(H,25,30)(H,26,31). The lowest BCUT2D eigenvalue weighted by molar-refractivity contribution is 0.102. The van der Waals surface area contributed by atoms with E-state index in [9.17, 15) is 18.4 Å². The number of halogens is 3. The Morgan fingerprint density at radius 3 is 2.59 bits per heavy atom. The Kier molecular flexibility index (Phi) is 6.33. The zero-order valence-electron chi connectivity index (χ0n) is 16.9. The molecule has 2 heterocycles. The molecule has 2 aromatic carbocycles. The van der Waals surface area contributed by atoms with E-state index in [2.05, 4.69) is 20.8 Å². The van der Waals surface area contributed by atoms with Gasteiger partial charge in [0.05, 0.1) is 6.04 Å². The van der Waals surface area contributed by atoms with Gasteiger partial charge in [0.25, 0.3) is 5.91 Å². The Morgan fingerprint density at radius 1 is 1.09 bits per heavy atom. The predicted octanol–water partition coefficient (Wildman–Crippen LogP) is 5.40. The van der Waals surface area contributed by atoms with Gasteiger partial charge in [0.2, 0.25) is 5.01 Å². The van der Waals surface area contributed by atoms with Crippen molar-refractivity contribution in [1.29, 1.82) is 0 Å². The summed E-state index contributed by atoms with van der Waals surface area (Å²) in [4.78, 5) is 26.9. The molecule has 1 atom stereocenters. The molecule has 1 aromatic heterocycles. The topological polar surface area (TPSA) is 87.2 Å². The summed E-state index contributed by atoms with van der Waals surface area (Å²) >= 11 is 7.18. The van der Waals surface area contributed by atoms with Crippen molar-refractivity contribution < 1.29 is 18.4 Å². The largest absolute Gasteiger partial charge is 0.322 e. The van der Waals surface area contributed by atoms with E-state index in [4.69, 9.17) is 11.6 Å². The second-order valence-corrected chi connectivity index (χ2v) is 8.69. The molecule has 0 bridgehead atoms. The van der Waals surface area contributed by atoms with Gasteiger partial charge >= 0.3 is 6.03 Å². The molecule has 4 rings (SSSR count). The molecule has 1 fully saturated rings. The van der Waals surface area contributed by atoms with Crippen LogP contribution in [-0.2, 0) is 0 Å². The molecule has 11 heteroatoms. The van der Waals surface area contributed by atoms with Crippen molar-refractivity contribution in [2.45, 2.75) is 25.8 Å². The van der Waals surface area contributed by atoms with E-state index in [-0.39, 0.29) is 22.8 Å².